The van der Waals surface area contributed by atoms with Crippen LogP contribution in [0.4, 0.5) is 5.82 Å². The van der Waals surface area contributed by atoms with E-state index in [0.29, 0.717) is 5.56 Å². The average Bonchev–Trinajstić information content (AvgIpc) is 2.19. The van der Waals surface area contributed by atoms with Crippen molar-refractivity contribution in [2.45, 2.75) is 19.1 Å². The number of hydrogen-bond donors (Lipinski definition) is 4. The monoisotopic (exact) mass is 212 g/mol. The Bertz CT molecular complexity index is 380. The first-order valence-corrected chi connectivity index (χ1v) is 4.25. The molecule has 2 unspecified atom stereocenters. The fourth-order valence-electron chi connectivity index (χ4n) is 1.14. The highest BCUT2D eigenvalue weighted by molar-refractivity contribution is 5.73. The number of nitrogens with two attached hydrogens (primary N) is 1. The minimum atomic E-state index is -1.90. The topological polar surface area (TPSA) is 117 Å². The van der Waals surface area contributed by atoms with Gasteiger partial charge in [-0.25, -0.2) is 9.78 Å². The fourth-order valence-corrected chi connectivity index (χ4v) is 1.14. The van der Waals surface area contributed by atoms with E-state index < -0.39 is 18.2 Å². The summed E-state index contributed by atoms with van der Waals surface area (Å²) in [6.45, 7) is 1.64. The number of hydrogen-bond acceptors (Lipinski definition) is 5. The number of aliphatic hydroxyl groups excluding tert-OH is 2. The van der Waals surface area contributed by atoms with Gasteiger partial charge in [0.15, 0.2) is 6.10 Å². The Kier molecular flexibility index (Phi) is 3.23. The highest BCUT2D eigenvalue weighted by Gasteiger charge is 2.27. The second-order valence-corrected chi connectivity index (χ2v) is 3.17. The lowest BCUT2D eigenvalue weighted by Crippen LogP contribution is -2.28. The molecule has 0 spiro atoms. The van der Waals surface area contributed by atoms with Gasteiger partial charge in [-0.05, 0) is 18.6 Å². The van der Waals surface area contributed by atoms with Crippen LogP contribution in [-0.2, 0) is 4.79 Å². The summed E-state index contributed by atoms with van der Waals surface area (Å²) in [6.07, 6.45) is -3.48. The predicted octanol–water partition coefficient (Wildman–Crippen LogP) is -0.549. The third-order valence-electron chi connectivity index (χ3n) is 1.99. The van der Waals surface area contributed by atoms with Gasteiger partial charge in [-0.3, -0.25) is 0 Å². The molecule has 1 aromatic rings. The summed E-state index contributed by atoms with van der Waals surface area (Å²) in [6, 6.07) is 3.12. The number of carboxylic acids is 1. The standard InChI is InChI=1S/C9H12N2O4/c1-4-2-3-5(10)11-6(4)7(12)8(13)9(14)15/h2-3,7-8,12-13H,1H3,(H2,10,11)(H,14,15). The molecule has 0 fully saturated rings. The van der Waals surface area contributed by atoms with Crippen LogP contribution in [0.25, 0.3) is 0 Å². The third-order valence-corrected chi connectivity index (χ3v) is 1.99. The van der Waals surface area contributed by atoms with Gasteiger partial charge < -0.3 is 21.1 Å². The summed E-state index contributed by atoms with van der Waals surface area (Å²) in [5.41, 5.74) is 6.03. The summed E-state index contributed by atoms with van der Waals surface area (Å²) < 4.78 is 0. The molecule has 0 aliphatic carbocycles. The smallest absolute Gasteiger partial charge is 0.335 e. The van der Waals surface area contributed by atoms with E-state index in [-0.39, 0.29) is 11.5 Å². The van der Waals surface area contributed by atoms with E-state index in [0.717, 1.165) is 0 Å². The van der Waals surface area contributed by atoms with Crippen molar-refractivity contribution >= 4 is 11.8 Å². The molecule has 2 atom stereocenters. The van der Waals surface area contributed by atoms with E-state index in [1.54, 1.807) is 13.0 Å². The molecule has 1 heterocycles. The van der Waals surface area contributed by atoms with Crippen LogP contribution in [0.5, 0.6) is 0 Å². The number of carboxylic acid groups (broad SMARTS) is 1. The van der Waals surface area contributed by atoms with Gasteiger partial charge in [0.05, 0.1) is 5.69 Å². The lowest BCUT2D eigenvalue weighted by molar-refractivity contribution is -0.153. The second-order valence-electron chi connectivity index (χ2n) is 3.17. The molecule has 1 aromatic heterocycles. The minimum absolute atomic E-state index is 0.0740. The second kappa shape index (κ2) is 4.24. The van der Waals surface area contributed by atoms with Crippen LogP contribution in [0.3, 0.4) is 0 Å². The van der Waals surface area contributed by atoms with Gasteiger partial charge in [0, 0.05) is 0 Å². The van der Waals surface area contributed by atoms with Crippen LogP contribution in [-0.4, -0.2) is 32.4 Å². The summed E-state index contributed by atoms with van der Waals surface area (Å²) in [4.78, 5) is 14.2. The third kappa shape index (κ3) is 2.42. The number of nitrogen functional groups attached to an aromatic ring is 1. The van der Waals surface area contributed by atoms with Crippen LogP contribution in [0.15, 0.2) is 12.1 Å². The van der Waals surface area contributed by atoms with E-state index >= 15 is 0 Å². The van der Waals surface area contributed by atoms with Crippen molar-refractivity contribution in [3.63, 3.8) is 0 Å². The number of anilines is 1. The fraction of sp³-hybridized carbons (Fsp3) is 0.333. The van der Waals surface area contributed by atoms with Gasteiger partial charge in [-0.15, -0.1) is 0 Å². The zero-order valence-electron chi connectivity index (χ0n) is 8.08. The number of aryl methyl sites for hydroxylation is 1. The zero-order valence-corrected chi connectivity index (χ0v) is 8.08. The van der Waals surface area contributed by atoms with Gasteiger partial charge >= 0.3 is 5.97 Å². The summed E-state index contributed by atoms with van der Waals surface area (Å²) in [7, 11) is 0. The first-order valence-electron chi connectivity index (χ1n) is 4.25. The quantitative estimate of drug-likeness (QED) is 0.534. The Labute approximate surface area is 86.0 Å². The molecule has 0 aliphatic heterocycles. The van der Waals surface area contributed by atoms with Crippen molar-refractivity contribution in [3.8, 4) is 0 Å². The molecule has 0 aliphatic rings. The Morgan fingerprint density at radius 3 is 2.60 bits per heavy atom. The molecule has 0 saturated carbocycles. The molecule has 0 aromatic carbocycles. The number of aromatic nitrogens is 1. The first-order chi connectivity index (χ1) is 6.93. The lowest BCUT2D eigenvalue weighted by atomic mass is 10.1. The first kappa shape index (κ1) is 11.4. The molecule has 6 nitrogen and oxygen atoms in total. The summed E-state index contributed by atoms with van der Waals surface area (Å²) in [5, 5.41) is 27.2. The molecule has 5 N–H and O–H groups in total. The van der Waals surface area contributed by atoms with E-state index in [1.165, 1.54) is 6.07 Å². The minimum Gasteiger partial charge on any atom is -0.479 e. The van der Waals surface area contributed by atoms with Crippen molar-refractivity contribution in [3.05, 3.63) is 23.4 Å². The van der Waals surface area contributed by atoms with Crippen molar-refractivity contribution in [1.82, 2.24) is 4.98 Å². The van der Waals surface area contributed by atoms with Crippen molar-refractivity contribution in [2.24, 2.45) is 0 Å². The molecule has 0 bridgehead atoms. The van der Waals surface area contributed by atoms with E-state index in [1.807, 2.05) is 0 Å². The highest BCUT2D eigenvalue weighted by Crippen LogP contribution is 2.19. The zero-order chi connectivity index (χ0) is 11.6. The van der Waals surface area contributed by atoms with E-state index in [4.69, 9.17) is 15.9 Å². The summed E-state index contributed by atoms with van der Waals surface area (Å²) in [5.74, 6) is -1.35. The van der Waals surface area contributed by atoms with Crippen LogP contribution in [0.1, 0.15) is 17.4 Å². The van der Waals surface area contributed by atoms with Crippen LogP contribution in [0, 0.1) is 6.92 Å². The molecule has 0 radical (unpaired) electrons. The van der Waals surface area contributed by atoms with Crippen LogP contribution >= 0.6 is 0 Å². The van der Waals surface area contributed by atoms with Gasteiger partial charge in [-0.2, -0.15) is 0 Å². The number of pyridine rings is 1. The van der Waals surface area contributed by atoms with E-state index in [2.05, 4.69) is 4.98 Å². The number of aliphatic hydroxyl groups is 2. The Morgan fingerprint density at radius 2 is 2.07 bits per heavy atom. The number of rotatable bonds is 3. The Balaban J connectivity index is 3.04. The molecule has 15 heavy (non-hydrogen) atoms. The normalized spacial score (nSPS) is 14.6. The SMILES string of the molecule is Cc1ccc(N)nc1C(O)C(O)C(=O)O. The molecular weight excluding hydrogens is 200 g/mol. The maximum Gasteiger partial charge on any atom is 0.335 e. The van der Waals surface area contributed by atoms with Gasteiger partial charge in [0.25, 0.3) is 0 Å². The number of aliphatic carboxylic acids is 1. The van der Waals surface area contributed by atoms with Crippen molar-refractivity contribution in [1.29, 1.82) is 0 Å². The largest absolute Gasteiger partial charge is 0.479 e. The maximum absolute atomic E-state index is 10.4. The predicted molar refractivity (Wildman–Crippen MR) is 52.0 cm³/mol. The maximum atomic E-state index is 10.4. The number of nitrogens with zero attached hydrogens (tertiary/aromatic N) is 1. The molecule has 0 amide bonds. The van der Waals surface area contributed by atoms with Crippen molar-refractivity contribution in [2.75, 3.05) is 5.73 Å². The van der Waals surface area contributed by atoms with Crippen LogP contribution < -0.4 is 5.73 Å². The molecule has 0 saturated heterocycles. The molecule has 82 valence electrons. The molecule has 6 heteroatoms. The van der Waals surface area contributed by atoms with Gasteiger partial charge in [-0.1, -0.05) is 6.07 Å². The van der Waals surface area contributed by atoms with Gasteiger partial charge in [0.2, 0.25) is 0 Å². The number of carbonyl (C=O) groups is 1. The Morgan fingerprint density at radius 1 is 1.47 bits per heavy atom. The summed E-state index contributed by atoms with van der Waals surface area (Å²) >= 11 is 0. The highest BCUT2D eigenvalue weighted by atomic mass is 16.4. The van der Waals surface area contributed by atoms with Crippen LogP contribution in [0.2, 0.25) is 0 Å². The molecular formula is C9H12N2O4. The Hall–Kier alpha value is -1.66. The molecule has 1 rings (SSSR count). The average molecular weight is 212 g/mol. The van der Waals surface area contributed by atoms with E-state index in [9.17, 15) is 9.90 Å². The lowest BCUT2D eigenvalue weighted by Gasteiger charge is -2.15. The van der Waals surface area contributed by atoms with Gasteiger partial charge in [0.1, 0.15) is 11.9 Å². The van der Waals surface area contributed by atoms with Crippen molar-refractivity contribution < 1.29 is 20.1 Å².